The molecule has 1 saturated carbocycles. The summed E-state index contributed by atoms with van der Waals surface area (Å²) in [7, 11) is -3.37. The molecule has 112 valence electrons. The molecule has 2 rings (SSSR count). The van der Waals surface area contributed by atoms with Crippen LogP contribution >= 0.6 is 0 Å². The lowest BCUT2D eigenvalue weighted by atomic mass is 9.84. The van der Waals surface area contributed by atoms with Gasteiger partial charge in [-0.25, -0.2) is 8.42 Å². The standard InChI is InChI=1S/C16H25NO2S/c1-3-17(14(2)15-10-6-4-7-11-15)20(18,19)16-12-8-5-9-13-16/h5,8-9,12-15H,3-4,6-7,10-11H2,1-2H3/t14-/m1/s1. The van der Waals surface area contributed by atoms with E-state index in [4.69, 9.17) is 0 Å². The summed E-state index contributed by atoms with van der Waals surface area (Å²) in [6.45, 7) is 4.54. The Morgan fingerprint density at radius 2 is 1.75 bits per heavy atom. The predicted octanol–water partition coefficient (Wildman–Crippen LogP) is 3.67. The molecule has 1 atom stereocenters. The smallest absolute Gasteiger partial charge is 0.207 e. The Morgan fingerprint density at radius 3 is 2.30 bits per heavy atom. The quantitative estimate of drug-likeness (QED) is 0.831. The van der Waals surface area contributed by atoms with Gasteiger partial charge in [-0.2, -0.15) is 4.31 Å². The van der Waals surface area contributed by atoms with Gasteiger partial charge in [0.1, 0.15) is 0 Å². The van der Waals surface area contributed by atoms with Crippen LogP contribution in [0.15, 0.2) is 35.2 Å². The number of hydrogen-bond acceptors (Lipinski definition) is 2. The van der Waals surface area contributed by atoms with Crippen LogP contribution in [0.3, 0.4) is 0 Å². The van der Waals surface area contributed by atoms with Crippen molar-refractivity contribution in [3.63, 3.8) is 0 Å². The van der Waals surface area contributed by atoms with E-state index in [1.807, 2.05) is 13.0 Å². The third-order valence-electron chi connectivity index (χ3n) is 4.45. The van der Waals surface area contributed by atoms with Gasteiger partial charge in [-0.15, -0.1) is 0 Å². The second-order valence-corrected chi connectivity index (χ2v) is 7.55. The second-order valence-electron chi connectivity index (χ2n) is 5.66. The van der Waals surface area contributed by atoms with Crippen molar-refractivity contribution >= 4 is 10.0 Å². The molecule has 0 N–H and O–H groups in total. The molecule has 0 unspecified atom stereocenters. The zero-order chi connectivity index (χ0) is 14.6. The molecule has 1 aliphatic carbocycles. The van der Waals surface area contributed by atoms with Crippen molar-refractivity contribution in [1.82, 2.24) is 4.31 Å². The summed E-state index contributed by atoms with van der Waals surface area (Å²) in [6.07, 6.45) is 6.07. The molecule has 0 spiro atoms. The summed E-state index contributed by atoms with van der Waals surface area (Å²) in [4.78, 5) is 0.407. The fourth-order valence-corrected chi connectivity index (χ4v) is 4.98. The summed E-state index contributed by atoms with van der Waals surface area (Å²) >= 11 is 0. The second kappa shape index (κ2) is 6.72. The fraction of sp³-hybridized carbons (Fsp3) is 0.625. The highest BCUT2D eigenvalue weighted by molar-refractivity contribution is 7.89. The van der Waals surface area contributed by atoms with E-state index in [2.05, 4.69) is 6.92 Å². The van der Waals surface area contributed by atoms with Gasteiger partial charge in [0.25, 0.3) is 0 Å². The predicted molar refractivity (Wildman–Crippen MR) is 82.0 cm³/mol. The van der Waals surface area contributed by atoms with Crippen LogP contribution in [0.5, 0.6) is 0 Å². The minimum absolute atomic E-state index is 0.0884. The van der Waals surface area contributed by atoms with Crippen molar-refractivity contribution in [3.8, 4) is 0 Å². The lowest BCUT2D eigenvalue weighted by molar-refractivity contribution is 0.210. The first kappa shape index (κ1) is 15.5. The summed E-state index contributed by atoms with van der Waals surface area (Å²) in [5.41, 5.74) is 0. The topological polar surface area (TPSA) is 37.4 Å². The van der Waals surface area contributed by atoms with Crippen LogP contribution in [0, 0.1) is 5.92 Å². The Bertz CT molecular complexity index is 507. The average molecular weight is 295 g/mol. The Morgan fingerprint density at radius 1 is 1.15 bits per heavy atom. The first-order valence-electron chi connectivity index (χ1n) is 7.64. The first-order valence-corrected chi connectivity index (χ1v) is 9.08. The zero-order valence-corrected chi connectivity index (χ0v) is 13.3. The molecule has 0 radical (unpaired) electrons. The number of hydrogen-bond donors (Lipinski definition) is 0. The van der Waals surface area contributed by atoms with Gasteiger partial charge in [0.2, 0.25) is 10.0 Å². The van der Waals surface area contributed by atoms with Gasteiger partial charge in [-0.1, -0.05) is 44.4 Å². The van der Waals surface area contributed by atoms with Crippen LogP contribution in [0.25, 0.3) is 0 Å². The molecular formula is C16H25NO2S. The van der Waals surface area contributed by atoms with Crippen LogP contribution in [0.4, 0.5) is 0 Å². The van der Waals surface area contributed by atoms with Crippen molar-refractivity contribution in [2.24, 2.45) is 5.92 Å². The summed E-state index contributed by atoms with van der Waals surface area (Å²) in [5, 5.41) is 0. The van der Waals surface area contributed by atoms with E-state index in [9.17, 15) is 8.42 Å². The highest BCUT2D eigenvalue weighted by Crippen LogP contribution is 2.31. The number of rotatable bonds is 5. The molecule has 3 nitrogen and oxygen atoms in total. The minimum Gasteiger partial charge on any atom is -0.207 e. The average Bonchev–Trinajstić information content (AvgIpc) is 2.49. The van der Waals surface area contributed by atoms with Gasteiger partial charge < -0.3 is 0 Å². The summed E-state index contributed by atoms with van der Waals surface area (Å²) in [5.74, 6) is 0.502. The molecule has 4 heteroatoms. The third-order valence-corrected chi connectivity index (χ3v) is 6.52. The van der Waals surface area contributed by atoms with Crippen LogP contribution in [0.1, 0.15) is 46.0 Å². The zero-order valence-electron chi connectivity index (χ0n) is 12.5. The van der Waals surface area contributed by atoms with E-state index in [0.29, 0.717) is 17.4 Å². The number of sulfonamides is 1. The number of nitrogens with zero attached hydrogens (tertiary/aromatic N) is 1. The van der Waals surface area contributed by atoms with Gasteiger partial charge in [0.05, 0.1) is 4.90 Å². The van der Waals surface area contributed by atoms with Gasteiger partial charge in [0, 0.05) is 12.6 Å². The van der Waals surface area contributed by atoms with Crippen molar-refractivity contribution in [1.29, 1.82) is 0 Å². The Kier molecular flexibility index (Phi) is 5.22. The SMILES string of the molecule is CCN([C@H](C)C1CCCCC1)S(=O)(=O)c1ccccc1. The summed E-state index contributed by atoms with van der Waals surface area (Å²) < 4.78 is 27.2. The van der Waals surface area contributed by atoms with E-state index >= 15 is 0 Å². The molecule has 0 bridgehead atoms. The van der Waals surface area contributed by atoms with Crippen LogP contribution in [-0.4, -0.2) is 25.3 Å². The molecule has 0 saturated heterocycles. The van der Waals surface area contributed by atoms with Crippen LogP contribution in [-0.2, 0) is 10.0 Å². The summed E-state index contributed by atoms with van der Waals surface area (Å²) in [6, 6.07) is 8.88. The minimum atomic E-state index is -3.37. The third kappa shape index (κ3) is 3.23. The molecule has 1 fully saturated rings. The molecule has 1 aromatic rings. The molecule has 1 aromatic carbocycles. The molecule has 0 heterocycles. The largest absolute Gasteiger partial charge is 0.243 e. The van der Waals surface area contributed by atoms with Crippen molar-refractivity contribution in [2.45, 2.75) is 56.9 Å². The van der Waals surface area contributed by atoms with Crippen molar-refractivity contribution < 1.29 is 8.42 Å². The van der Waals surface area contributed by atoms with Crippen LogP contribution < -0.4 is 0 Å². The molecule has 1 aliphatic rings. The van der Waals surface area contributed by atoms with Gasteiger partial charge in [0.15, 0.2) is 0 Å². The van der Waals surface area contributed by atoms with Crippen molar-refractivity contribution in [2.75, 3.05) is 6.54 Å². The highest BCUT2D eigenvalue weighted by Gasteiger charge is 2.32. The van der Waals surface area contributed by atoms with E-state index in [1.54, 1.807) is 28.6 Å². The Labute approximate surface area is 123 Å². The van der Waals surface area contributed by atoms with E-state index in [1.165, 1.54) is 19.3 Å². The van der Waals surface area contributed by atoms with E-state index < -0.39 is 10.0 Å². The van der Waals surface area contributed by atoms with Crippen LogP contribution in [0.2, 0.25) is 0 Å². The molecule has 0 aliphatic heterocycles. The maximum atomic E-state index is 12.8. The monoisotopic (exact) mass is 295 g/mol. The van der Waals surface area contributed by atoms with E-state index in [0.717, 1.165) is 12.8 Å². The first-order chi connectivity index (χ1) is 9.57. The molecule has 0 aromatic heterocycles. The van der Waals surface area contributed by atoms with Gasteiger partial charge in [-0.05, 0) is 37.8 Å². The molecule has 0 amide bonds. The molecular weight excluding hydrogens is 270 g/mol. The van der Waals surface area contributed by atoms with Gasteiger partial charge >= 0.3 is 0 Å². The maximum Gasteiger partial charge on any atom is 0.243 e. The lowest BCUT2D eigenvalue weighted by Crippen LogP contribution is -2.43. The number of benzene rings is 1. The van der Waals surface area contributed by atoms with Crippen molar-refractivity contribution in [3.05, 3.63) is 30.3 Å². The Balaban J connectivity index is 2.22. The van der Waals surface area contributed by atoms with Gasteiger partial charge in [-0.3, -0.25) is 0 Å². The fourth-order valence-electron chi connectivity index (χ4n) is 3.26. The normalized spacial score (nSPS) is 19.1. The lowest BCUT2D eigenvalue weighted by Gasteiger charge is -2.35. The Hall–Kier alpha value is -0.870. The highest BCUT2D eigenvalue weighted by atomic mass is 32.2. The van der Waals surface area contributed by atoms with E-state index in [-0.39, 0.29) is 6.04 Å². The molecule has 20 heavy (non-hydrogen) atoms. The maximum absolute atomic E-state index is 12.8.